The SMILES string of the molecule is CCN1C(=O)/C(=C/c2ccc(OCc3cccc(C)c3)c(OC)c2)SC1=S. The van der Waals surface area contributed by atoms with Crippen LogP contribution in [0.25, 0.3) is 6.08 Å². The summed E-state index contributed by atoms with van der Waals surface area (Å²) in [5, 5.41) is 0. The number of likely N-dealkylation sites (N-methyl/N-ethyl adjacent to an activating group) is 1. The van der Waals surface area contributed by atoms with E-state index in [-0.39, 0.29) is 5.91 Å². The predicted octanol–water partition coefficient (Wildman–Crippen LogP) is 4.80. The number of amides is 1. The number of nitrogens with zero attached hydrogens (tertiary/aromatic N) is 1. The Morgan fingerprint density at radius 2 is 2.00 bits per heavy atom. The van der Waals surface area contributed by atoms with Gasteiger partial charge in [0, 0.05) is 6.54 Å². The van der Waals surface area contributed by atoms with Crippen LogP contribution in [0.2, 0.25) is 0 Å². The first kappa shape index (κ1) is 19.5. The Hall–Kier alpha value is -2.31. The molecule has 0 radical (unpaired) electrons. The lowest BCUT2D eigenvalue weighted by Gasteiger charge is -2.12. The number of carbonyl (C=O) groups excluding carboxylic acids is 1. The molecule has 1 saturated heterocycles. The Morgan fingerprint density at radius 3 is 2.67 bits per heavy atom. The Kier molecular flexibility index (Phi) is 6.19. The summed E-state index contributed by atoms with van der Waals surface area (Å²) in [6.45, 7) is 5.01. The number of rotatable bonds is 6. The minimum Gasteiger partial charge on any atom is -0.493 e. The highest BCUT2D eigenvalue weighted by Crippen LogP contribution is 2.34. The van der Waals surface area contributed by atoms with E-state index in [4.69, 9.17) is 21.7 Å². The van der Waals surface area contributed by atoms with Crippen LogP contribution < -0.4 is 9.47 Å². The maximum absolute atomic E-state index is 12.4. The third kappa shape index (κ3) is 4.51. The van der Waals surface area contributed by atoms with Gasteiger partial charge in [-0.05, 0) is 43.2 Å². The summed E-state index contributed by atoms with van der Waals surface area (Å²) in [5.74, 6) is 1.24. The molecule has 2 aromatic carbocycles. The summed E-state index contributed by atoms with van der Waals surface area (Å²) in [6.07, 6.45) is 1.84. The third-order valence-electron chi connectivity index (χ3n) is 4.15. The summed E-state index contributed by atoms with van der Waals surface area (Å²) in [6, 6.07) is 13.8. The van der Waals surface area contributed by atoms with E-state index >= 15 is 0 Å². The molecular formula is C21H21NO3S2. The van der Waals surface area contributed by atoms with Gasteiger partial charge in [0.15, 0.2) is 11.5 Å². The summed E-state index contributed by atoms with van der Waals surface area (Å²) in [5.41, 5.74) is 3.17. The number of hydrogen-bond acceptors (Lipinski definition) is 5. The molecule has 0 aromatic heterocycles. The van der Waals surface area contributed by atoms with Crippen molar-refractivity contribution < 1.29 is 14.3 Å². The molecule has 4 nitrogen and oxygen atoms in total. The molecule has 1 aliphatic rings. The van der Waals surface area contributed by atoms with Crippen LogP contribution in [0.3, 0.4) is 0 Å². The highest BCUT2D eigenvalue weighted by Gasteiger charge is 2.30. The van der Waals surface area contributed by atoms with E-state index in [1.165, 1.54) is 17.3 Å². The van der Waals surface area contributed by atoms with E-state index in [0.717, 1.165) is 11.1 Å². The van der Waals surface area contributed by atoms with E-state index in [1.807, 2.05) is 43.3 Å². The molecule has 0 unspecified atom stereocenters. The standard InChI is InChI=1S/C21H21NO3S2/c1-4-22-20(23)19(27-21(22)26)12-15-8-9-17(18(11-15)24-3)25-13-16-7-5-6-14(2)10-16/h5-12H,4,13H2,1-3H3/b19-12-. The fourth-order valence-corrected chi connectivity index (χ4v) is 4.16. The van der Waals surface area contributed by atoms with Crippen LogP contribution in [0.1, 0.15) is 23.6 Å². The quantitative estimate of drug-likeness (QED) is 0.515. The summed E-state index contributed by atoms with van der Waals surface area (Å²) in [7, 11) is 1.61. The second-order valence-corrected chi connectivity index (χ2v) is 7.79. The first-order valence-electron chi connectivity index (χ1n) is 8.63. The molecular weight excluding hydrogens is 378 g/mol. The lowest BCUT2D eigenvalue weighted by atomic mass is 10.1. The Balaban J connectivity index is 1.77. The first-order valence-corrected chi connectivity index (χ1v) is 9.86. The van der Waals surface area contributed by atoms with Crippen molar-refractivity contribution in [1.82, 2.24) is 4.90 Å². The van der Waals surface area contributed by atoms with Gasteiger partial charge in [0.2, 0.25) is 0 Å². The van der Waals surface area contributed by atoms with Crippen LogP contribution in [0.5, 0.6) is 11.5 Å². The summed E-state index contributed by atoms with van der Waals surface area (Å²) >= 11 is 6.58. The van der Waals surface area contributed by atoms with Gasteiger partial charge in [0.25, 0.3) is 5.91 Å². The van der Waals surface area contributed by atoms with E-state index in [1.54, 1.807) is 12.0 Å². The second-order valence-electron chi connectivity index (χ2n) is 6.11. The zero-order chi connectivity index (χ0) is 19.4. The Morgan fingerprint density at radius 1 is 1.19 bits per heavy atom. The topological polar surface area (TPSA) is 38.8 Å². The largest absolute Gasteiger partial charge is 0.493 e. The number of thiocarbonyl (C=S) groups is 1. The highest BCUT2D eigenvalue weighted by atomic mass is 32.2. The number of ether oxygens (including phenoxy) is 2. The molecule has 6 heteroatoms. The number of aryl methyl sites for hydroxylation is 1. The summed E-state index contributed by atoms with van der Waals surface area (Å²) < 4.78 is 12.0. The molecule has 3 rings (SSSR count). The zero-order valence-electron chi connectivity index (χ0n) is 15.5. The number of thioether (sulfide) groups is 1. The van der Waals surface area contributed by atoms with Crippen molar-refractivity contribution in [2.75, 3.05) is 13.7 Å². The van der Waals surface area contributed by atoms with E-state index < -0.39 is 0 Å². The zero-order valence-corrected chi connectivity index (χ0v) is 17.2. The van der Waals surface area contributed by atoms with E-state index in [9.17, 15) is 4.79 Å². The fourth-order valence-electron chi connectivity index (χ4n) is 2.78. The number of hydrogen-bond donors (Lipinski definition) is 0. The lowest BCUT2D eigenvalue weighted by Crippen LogP contribution is -2.27. The summed E-state index contributed by atoms with van der Waals surface area (Å²) in [4.78, 5) is 14.6. The molecule has 1 amide bonds. The van der Waals surface area contributed by atoms with Crippen LogP contribution in [0.4, 0.5) is 0 Å². The molecule has 1 heterocycles. The van der Waals surface area contributed by atoms with Crippen molar-refractivity contribution in [3.63, 3.8) is 0 Å². The normalized spacial score (nSPS) is 15.5. The van der Waals surface area contributed by atoms with Gasteiger partial charge in [-0.1, -0.05) is 59.9 Å². The van der Waals surface area contributed by atoms with E-state index in [0.29, 0.717) is 33.9 Å². The minimum absolute atomic E-state index is 0.0498. The maximum Gasteiger partial charge on any atom is 0.266 e. The van der Waals surface area contributed by atoms with Gasteiger partial charge < -0.3 is 9.47 Å². The van der Waals surface area contributed by atoms with Crippen molar-refractivity contribution in [3.8, 4) is 11.5 Å². The van der Waals surface area contributed by atoms with Crippen molar-refractivity contribution in [2.24, 2.45) is 0 Å². The van der Waals surface area contributed by atoms with Gasteiger partial charge in [0.05, 0.1) is 12.0 Å². The van der Waals surface area contributed by atoms with Crippen LogP contribution >= 0.6 is 24.0 Å². The van der Waals surface area contributed by atoms with Gasteiger partial charge in [-0.2, -0.15) is 0 Å². The van der Waals surface area contributed by atoms with Crippen molar-refractivity contribution >= 4 is 40.3 Å². The van der Waals surface area contributed by atoms with Crippen LogP contribution in [-0.2, 0) is 11.4 Å². The molecule has 0 bridgehead atoms. The molecule has 1 aliphatic heterocycles. The number of carbonyl (C=O) groups is 1. The molecule has 1 fully saturated rings. The van der Waals surface area contributed by atoms with Crippen molar-refractivity contribution in [1.29, 1.82) is 0 Å². The number of methoxy groups -OCH3 is 1. The number of benzene rings is 2. The smallest absolute Gasteiger partial charge is 0.266 e. The van der Waals surface area contributed by atoms with Gasteiger partial charge >= 0.3 is 0 Å². The van der Waals surface area contributed by atoms with Crippen LogP contribution in [0.15, 0.2) is 47.4 Å². The maximum atomic E-state index is 12.4. The van der Waals surface area contributed by atoms with Gasteiger partial charge in [0.1, 0.15) is 10.9 Å². The Labute approximate surface area is 169 Å². The molecule has 0 N–H and O–H groups in total. The minimum atomic E-state index is -0.0498. The highest BCUT2D eigenvalue weighted by molar-refractivity contribution is 8.26. The first-order chi connectivity index (χ1) is 13.0. The average molecular weight is 400 g/mol. The van der Waals surface area contributed by atoms with Crippen LogP contribution in [0, 0.1) is 6.92 Å². The molecule has 0 saturated carbocycles. The van der Waals surface area contributed by atoms with Crippen molar-refractivity contribution in [3.05, 3.63) is 64.1 Å². The second kappa shape index (κ2) is 8.59. The molecule has 0 spiro atoms. The predicted molar refractivity (Wildman–Crippen MR) is 114 cm³/mol. The van der Waals surface area contributed by atoms with Crippen LogP contribution in [-0.4, -0.2) is 28.8 Å². The van der Waals surface area contributed by atoms with Gasteiger partial charge in [-0.25, -0.2) is 0 Å². The third-order valence-corrected chi connectivity index (χ3v) is 5.53. The van der Waals surface area contributed by atoms with Crippen molar-refractivity contribution in [2.45, 2.75) is 20.5 Å². The van der Waals surface area contributed by atoms with Gasteiger partial charge in [-0.3, -0.25) is 9.69 Å². The Bertz CT molecular complexity index is 908. The molecule has 140 valence electrons. The fraction of sp³-hybridized carbons (Fsp3) is 0.238. The van der Waals surface area contributed by atoms with Gasteiger partial charge in [-0.15, -0.1) is 0 Å². The molecule has 0 atom stereocenters. The molecule has 27 heavy (non-hydrogen) atoms. The lowest BCUT2D eigenvalue weighted by molar-refractivity contribution is -0.121. The molecule has 2 aromatic rings. The monoisotopic (exact) mass is 399 g/mol. The average Bonchev–Trinajstić information content (AvgIpc) is 2.93. The molecule has 0 aliphatic carbocycles. The van der Waals surface area contributed by atoms with E-state index in [2.05, 4.69) is 19.1 Å².